The Bertz CT molecular complexity index is 624. The minimum Gasteiger partial charge on any atom is -0.321 e. The van der Waals surface area contributed by atoms with Gasteiger partial charge in [-0.15, -0.1) is 0 Å². The van der Waals surface area contributed by atoms with Gasteiger partial charge in [0.2, 0.25) is 0 Å². The van der Waals surface area contributed by atoms with E-state index in [1.165, 1.54) is 0 Å². The maximum Gasteiger partial charge on any atom is 0.276 e. The first-order valence-electron chi connectivity index (χ1n) is 6.41. The lowest BCUT2D eigenvalue weighted by Crippen LogP contribution is -2.25. The van der Waals surface area contributed by atoms with Gasteiger partial charge in [-0.05, 0) is 58.0 Å². The molecule has 106 valence electrons. The lowest BCUT2D eigenvalue weighted by atomic mass is 10.1. The Labute approximate surface area is 123 Å². The molecule has 0 saturated carbocycles. The third-order valence-electron chi connectivity index (χ3n) is 2.86. The molecule has 0 bridgehead atoms. The first-order valence-corrected chi connectivity index (χ1v) is 6.79. The van der Waals surface area contributed by atoms with Crippen LogP contribution in [0.1, 0.15) is 37.0 Å². The second kappa shape index (κ2) is 5.29. The molecule has 0 atom stereocenters. The number of carbonyl (C=O) groups excluding carboxylic acids is 1. The zero-order chi connectivity index (χ0) is 14.9. The van der Waals surface area contributed by atoms with Crippen LogP contribution < -0.4 is 5.32 Å². The van der Waals surface area contributed by atoms with Crippen molar-refractivity contribution in [2.45, 2.75) is 33.2 Å². The topological polar surface area (TPSA) is 46.9 Å². The molecule has 0 spiro atoms. The summed E-state index contributed by atoms with van der Waals surface area (Å²) in [6, 6.07) is 8.77. The van der Waals surface area contributed by atoms with Crippen LogP contribution in [0.25, 0.3) is 0 Å². The Hall–Kier alpha value is -1.81. The summed E-state index contributed by atoms with van der Waals surface area (Å²) in [6.07, 6.45) is 0. The van der Waals surface area contributed by atoms with Crippen LogP contribution >= 0.6 is 11.6 Å². The fourth-order valence-electron chi connectivity index (χ4n) is 1.99. The van der Waals surface area contributed by atoms with Crippen LogP contribution in [0.5, 0.6) is 0 Å². The van der Waals surface area contributed by atoms with E-state index in [-0.39, 0.29) is 11.4 Å². The third kappa shape index (κ3) is 3.20. The van der Waals surface area contributed by atoms with Crippen LogP contribution in [0, 0.1) is 6.92 Å². The molecule has 1 N–H and O–H groups in total. The fraction of sp³-hybridized carbons (Fsp3) is 0.333. The molecule has 2 rings (SSSR count). The molecule has 20 heavy (non-hydrogen) atoms. The van der Waals surface area contributed by atoms with Gasteiger partial charge in [0.1, 0.15) is 0 Å². The lowest BCUT2D eigenvalue weighted by molar-refractivity contribution is 0.102. The fourth-order valence-corrected chi connectivity index (χ4v) is 2.12. The van der Waals surface area contributed by atoms with Crippen LogP contribution in [-0.4, -0.2) is 15.7 Å². The molecule has 0 unspecified atom stereocenters. The highest BCUT2D eigenvalue weighted by molar-refractivity contribution is 6.30. The number of anilines is 1. The van der Waals surface area contributed by atoms with Crippen molar-refractivity contribution in [2.24, 2.45) is 0 Å². The van der Waals surface area contributed by atoms with E-state index in [0.29, 0.717) is 16.4 Å². The normalized spacial score (nSPS) is 11.4. The Morgan fingerprint density at radius 3 is 2.35 bits per heavy atom. The van der Waals surface area contributed by atoms with Crippen molar-refractivity contribution >= 4 is 23.2 Å². The van der Waals surface area contributed by atoms with E-state index in [4.69, 9.17) is 11.6 Å². The molecule has 0 saturated heterocycles. The van der Waals surface area contributed by atoms with Crippen molar-refractivity contribution in [1.29, 1.82) is 0 Å². The molecule has 0 aliphatic rings. The van der Waals surface area contributed by atoms with Gasteiger partial charge in [0.05, 0.1) is 5.54 Å². The van der Waals surface area contributed by atoms with E-state index in [2.05, 4.69) is 10.4 Å². The number of hydrogen-bond acceptors (Lipinski definition) is 2. The van der Waals surface area contributed by atoms with Gasteiger partial charge in [-0.25, -0.2) is 0 Å². The zero-order valence-electron chi connectivity index (χ0n) is 12.1. The number of benzene rings is 1. The minimum absolute atomic E-state index is 0.150. The summed E-state index contributed by atoms with van der Waals surface area (Å²) in [5.41, 5.74) is 1.91. The van der Waals surface area contributed by atoms with Crippen molar-refractivity contribution in [3.8, 4) is 0 Å². The molecule has 1 heterocycles. The van der Waals surface area contributed by atoms with Crippen molar-refractivity contribution < 1.29 is 4.79 Å². The van der Waals surface area contributed by atoms with Crippen molar-refractivity contribution in [1.82, 2.24) is 9.78 Å². The molecule has 1 amide bonds. The average molecular weight is 292 g/mol. The smallest absolute Gasteiger partial charge is 0.276 e. The number of nitrogens with one attached hydrogen (secondary N) is 1. The molecular weight excluding hydrogens is 274 g/mol. The maximum atomic E-state index is 12.2. The van der Waals surface area contributed by atoms with Gasteiger partial charge in [-0.2, -0.15) is 5.10 Å². The summed E-state index contributed by atoms with van der Waals surface area (Å²) >= 11 is 5.81. The number of aryl methyl sites for hydroxylation is 1. The third-order valence-corrected chi connectivity index (χ3v) is 3.11. The summed E-state index contributed by atoms with van der Waals surface area (Å²) in [5.74, 6) is -0.224. The van der Waals surface area contributed by atoms with Crippen molar-refractivity contribution in [2.75, 3.05) is 5.32 Å². The van der Waals surface area contributed by atoms with Gasteiger partial charge < -0.3 is 5.32 Å². The highest BCUT2D eigenvalue weighted by Gasteiger charge is 2.20. The van der Waals surface area contributed by atoms with E-state index < -0.39 is 0 Å². The first-order chi connectivity index (χ1) is 9.27. The molecule has 0 radical (unpaired) electrons. The summed E-state index contributed by atoms with van der Waals surface area (Å²) in [7, 11) is 0. The first kappa shape index (κ1) is 14.6. The monoisotopic (exact) mass is 291 g/mol. The second-order valence-corrected chi connectivity index (χ2v) is 6.15. The molecular formula is C15H18ClN3O. The van der Waals surface area contributed by atoms with E-state index in [9.17, 15) is 4.79 Å². The number of aromatic nitrogens is 2. The zero-order valence-corrected chi connectivity index (χ0v) is 12.8. The highest BCUT2D eigenvalue weighted by atomic mass is 35.5. The molecule has 0 fully saturated rings. The summed E-state index contributed by atoms with van der Waals surface area (Å²) in [6.45, 7) is 8.09. The molecule has 4 nitrogen and oxygen atoms in total. The largest absolute Gasteiger partial charge is 0.321 e. The molecule has 0 aliphatic carbocycles. The van der Waals surface area contributed by atoms with E-state index in [1.807, 2.05) is 32.4 Å². The van der Waals surface area contributed by atoms with Crippen LogP contribution in [0.4, 0.5) is 5.69 Å². The number of carbonyl (C=O) groups is 1. The predicted molar refractivity (Wildman–Crippen MR) is 81.4 cm³/mol. The number of rotatable bonds is 2. The van der Waals surface area contributed by atoms with Gasteiger partial charge in [0.15, 0.2) is 5.69 Å². The summed E-state index contributed by atoms with van der Waals surface area (Å²) in [5, 5.41) is 7.81. The Balaban J connectivity index is 2.20. The number of hydrogen-bond donors (Lipinski definition) is 1. The Morgan fingerprint density at radius 1 is 1.25 bits per heavy atom. The van der Waals surface area contributed by atoms with Gasteiger partial charge in [0, 0.05) is 16.4 Å². The minimum atomic E-state index is -0.224. The molecule has 1 aromatic carbocycles. The van der Waals surface area contributed by atoms with E-state index in [0.717, 1.165) is 5.69 Å². The second-order valence-electron chi connectivity index (χ2n) is 5.71. The molecule has 0 aliphatic heterocycles. The SMILES string of the molecule is Cc1cc(C(=O)Nc2ccc(Cl)cc2)nn1C(C)(C)C. The van der Waals surface area contributed by atoms with Gasteiger partial charge in [-0.3, -0.25) is 9.48 Å². The van der Waals surface area contributed by atoms with Crippen molar-refractivity contribution in [3.63, 3.8) is 0 Å². The van der Waals surface area contributed by atoms with Crippen LogP contribution in [0.15, 0.2) is 30.3 Å². The van der Waals surface area contributed by atoms with Gasteiger partial charge in [0.25, 0.3) is 5.91 Å². The number of nitrogens with zero attached hydrogens (tertiary/aromatic N) is 2. The van der Waals surface area contributed by atoms with E-state index in [1.54, 1.807) is 30.3 Å². The number of amides is 1. The predicted octanol–water partition coefficient (Wildman–Crippen LogP) is 3.85. The standard InChI is InChI=1S/C15H18ClN3O/c1-10-9-13(18-19(10)15(2,3)4)14(20)17-12-7-5-11(16)6-8-12/h5-9H,1-4H3,(H,17,20). The van der Waals surface area contributed by atoms with Crippen LogP contribution in [0.2, 0.25) is 5.02 Å². The lowest BCUT2D eigenvalue weighted by Gasteiger charge is -2.21. The molecule has 2 aromatic rings. The van der Waals surface area contributed by atoms with Gasteiger partial charge in [-0.1, -0.05) is 11.6 Å². The quantitative estimate of drug-likeness (QED) is 0.913. The Morgan fingerprint density at radius 2 is 1.85 bits per heavy atom. The van der Waals surface area contributed by atoms with Crippen molar-refractivity contribution in [3.05, 3.63) is 46.7 Å². The average Bonchev–Trinajstić information content (AvgIpc) is 2.74. The Kier molecular flexibility index (Phi) is 3.86. The maximum absolute atomic E-state index is 12.2. The summed E-state index contributed by atoms with van der Waals surface area (Å²) < 4.78 is 1.85. The summed E-state index contributed by atoms with van der Waals surface area (Å²) in [4.78, 5) is 12.2. The van der Waals surface area contributed by atoms with Crippen LogP contribution in [0.3, 0.4) is 0 Å². The van der Waals surface area contributed by atoms with Crippen LogP contribution in [-0.2, 0) is 5.54 Å². The molecule has 1 aromatic heterocycles. The number of halogens is 1. The highest BCUT2D eigenvalue weighted by Crippen LogP contribution is 2.18. The van der Waals surface area contributed by atoms with Gasteiger partial charge >= 0.3 is 0 Å². The molecule has 5 heteroatoms. The van der Waals surface area contributed by atoms with E-state index >= 15 is 0 Å².